The van der Waals surface area contributed by atoms with E-state index in [0.29, 0.717) is 5.82 Å². The zero-order valence-corrected chi connectivity index (χ0v) is 13.0. The summed E-state index contributed by atoms with van der Waals surface area (Å²) in [4.78, 5) is 15.4. The number of alkyl halides is 3. The molecule has 0 unspecified atom stereocenters. The van der Waals surface area contributed by atoms with Gasteiger partial charge in [-0.2, -0.15) is 18.3 Å². The minimum atomic E-state index is -4.53. The highest BCUT2D eigenvalue weighted by molar-refractivity contribution is 5.91. The minimum Gasteiger partial charge on any atom is -0.309 e. The lowest BCUT2D eigenvalue weighted by Crippen LogP contribution is -2.17. The van der Waals surface area contributed by atoms with E-state index in [1.165, 1.54) is 12.1 Å². The molecule has 2 rings (SSSR count). The van der Waals surface area contributed by atoms with Crippen LogP contribution in [-0.2, 0) is 17.4 Å². The second kappa shape index (κ2) is 6.39. The van der Waals surface area contributed by atoms with E-state index in [9.17, 15) is 18.0 Å². The number of amides is 1. The molecule has 0 aliphatic rings. The van der Waals surface area contributed by atoms with Gasteiger partial charge in [-0.15, -0.1) is 0 Å². The maximum atomic E-state index is 12.6. The van der Waals surface area contributed by atoms with Gasteiger partial charge in [-0.05, 0) is 32.9 Å². The summed E-state index contributed by atoms with van der Waals surface area (Å²) in [6.07, 6.45) is -4.78. The molecule has 0 saturated carbocycles. The van der Waals surface area contributed by atoms with Crippen LogP contribution in [0, 0.1) is 6.92 Å². The second-order valence-corrected chi connectivity index (χ2v) is 5.45. The van der Waals surface area contributed by atoms with Crippen molar-refractivity contribution in [2.75, 3.05) is 5.32 Å². The maximum absolute atomic E-state index is 12.6. The largest absolute Gasteiger partial charge is 0.433 e. The average Bonchev–Trinajstić information content (AvgIpc) is 2.78. The molecule has 5 nitrogen and oxygen atoms in total. The van der Waals surface area contributed by atoms with Crippen LogP contribution in [0.15, 0.2) is 24.3 Å². The standard InChI is InChI=1S/C15H17F3N4O/c1-9(2)22-10(3)7-13(21-22)20-14(23)8-11-5-4-6-12(19-11)15(16,17)18/h4-7,9H,8H2,1-3H3,(H,20,21,23). The van der Waals surface area contributed by atoms with Crippen molar-refractivity contribution in [3.8, 4) is 0 Å². The van der Waals surface area contributed by atoms with E-state index in [1.54, 1.807) is 10.7 Å². The summed E-state index contributed by atoms with van der Waals surface area (Å²) in [5.74, 6) is -0.0987. The number of anilines is 1. The molecule has 2 heterocycles. The van der Waals surface area contributed by atoms with Crippen molar-refractivity contribution in [3.05, 3.63) is 41.3 Å². The fraction of sp³-hybridized carbons (Fsp3) is 0.400. The lowest BCUT2D eigenvalue weighted by atomic mass is 10.2. The number of halogens is 3. The Hall–Kier alpha value is -2.38. The number of carbonyl (C=O) groups is 1. The van der Waals surface area contributed by atoms with Crippen molar-refractivity contribution in [1.29, 1.82) is 0 Å². The first kappa shape index (κ1) is 17.0. The molecule has 0 atom stereocenters. The van der Waals surface area contributed by atoms with Crippen LogP contribution in [0.3, 0.4) is 0 Å². The lowest BCUT2D eigenvalue weighted by Gasteiger charge is -2.08. The summed E-state index contributed by atoms with van der Waals surface area (Å²) >= 11 is 0. The van der Waals surface area contributed by atoms with Crippen LogP contribution >= 0.6 is 0 Å². The smallest absolute Gasteiger partial charge is 0.309 e. The van der Waals surface area contributed by atoms with Gasteiger partial charge in [0.1, 0.15) is 5.69 Å². The van der Waals surface area contributed by atoms with E-state index >= 15 is 0 Å². The van der Waals surface area contributed by atoms with Gasteiger partial charge in [0.2, 0.25) is 5.91 Å². The van der Waals surface area contributed by atoms with Gasteiger partial charge in [0.05, 0.1) is 12.1 Å². The minimum absolute atomic E-state index is 0.0531. The number of pyridine rings is 1. The van der Waals surface area contributed by atoms with Crippen molar-refractivity contribution in [1.82, 2.24) is 14.8 Å². The molecule has 23 heavy (non-hydrogen) atoms. The molecule has 124 valence electrons. The second-order valence-electron chi connectivity index (χ2n) is 5.45. The Balaban J connectivity index is 2.07. The molecule has 0 aliphatic heterocycles. The van der Waals surface area contributed by atoms with E-state index < -0.39 is 17.8 Å². The first-order valence-corrected chi connectivity index (χ1v) is 7.06. The molecule has 0 aromatic carbocycles. The van der Waals surface area contributed by atoms with Crippen molar-refractivity contribution in [2.45, 2.75) is 39.4 Å². The van der Waals surface area contributed by atoms with Crippen LogP contribution in [0.25, 0.3) is 0 Å². The molecule has 0 radical (unpaired) electrons. The topological polar surface area (TPSA) is 59.8 Å². The molecular weight excluding hydrogens is 309 g/mol. The van der Waals surface area contributed by atoms with Crippen molar-refractivity contribution >= 4 is 11.7 Å². The van der Waals surface area contributed by atoms with Crippen LogP contribution in [0.4, 0.5) is 19.0 Å². The fourth-order valence-electron chi connectivity index (χ4n) is 2.16. The van der Waals surface area contributed by atoms with Crippen molar-refractivity contribution < 1.29 is 18.0 Å². The van der Waals surface area contributed by atoms with Gasteiger partial charge in [-0.3, -0.25) is 9.48 Å². The molecule has 0 spiro atoms. The first-order valence-electron chi connectivity index (χ1n) is 7.06. The first-order chi connectivity index (χ1) is 10.7. The van der Waals surface area contributed by atoms with Gasteiger partial charge >= 0.3 is 6.18 Å². The summed E-state index contributed by atoms with van der Waals surface area (Å²) in [7, 11) is 0. The van der Waals surface area contributed by atoms with E-state index in [0.717, 1.165) is 11.8 Å². The molecule has 0 bridgehead atoms. The Morgan fingerprint density at radius 2 is 2.04 bits per heavy atom. The average molecular weight is 326 g/mol. The van der Waals surface area contributed by atoms with E-state index in [2.05, 4.69) is 15.4 Å². The van der Waals surface area contributed by atoms with Crippen LogP contribution in [0.1, 0.15) is 37.0 Å². The van der Waals surface area contributed by atoms with Gasteiger partial charge in [0.15, 0.2) is 5.82 Å². The van der Waals surface area contributed by atoms with E-state index in [-0.39, 0.29) is 18.2 Å². The number of carbonyl (C=O) groups excluding carboxylic acids is 1. The summed E-state index contributed by atoms with van der Waals surface area (Å²) in [5.41, 5.74) is -0.0763. The van der Waals surface area contributed by atoms with E-state index in [4.69, 9.17) is 0 Å². The summed E-state index contributed by atoms with van der Waals surface area (Å²) in [6, 6.07) is 5.33. The molecular formula is C15H17F3N4O. The van der Waals surface area contributed by atoms with Gasteiger partial charge < -0.3 is 5.32 Å². The van der Waals surface area contributed by atoms with Crippen LogP contribution < -0.4 is 5.32 Å². The highest BCUT2D eigenvalue weighted by atomic mass is 19.4. The Labute approximate surface area is 131 Å². The molecule has 1 amide bonds. The Morgan fingerprint density at radius 3 is 2.61 bits per heavy atom. The summed E-state index contributed by atoms with van der Waals surface area (Å²) in [6.45, 7) is 5.77. The van der Waals surface area contributed by atoms with Gasteiger partial charge in [0, 0.05) is 17.8 Å². The third kappa shape index (κ3) is 4.30. The number of rotatable bonds is 4. The number of aromatic nitrogens is 3. The SMILES string of the molecule is Cc1cc(NC(=O)Cc2cccc(C(F)(F)F)n2)nn1C(C)C. The molecule has 0 fully saturated rings. The highest BCUT2D eigenvalue weighted by Gasteiger charge is 2.32. The Kier molecular flexibility index (Phi) is 4.72. The van der Waals surface area contributed by atoms with Crippen molar-refractivity contribution in [2.24, 2.45) is 0 Å². The Bertz CT molecular complexity index is 707. The molecule has 1 N–H and O–H groups in total. The quantitative estimate of drug-likeness (QED) is 0.937. The third-order valence-electron chi connectivity index (χ3n) is 3.12. The number of hydrogen-bond donors (Lipinski definition) is 1. The number of nitrogens with zero attached hydrogens (tertiary/aromatic N) is 3. The van der Waals surface area contributed by atoms with Gasteiger partial charge in [-0.25, -0.2) is 4.98 Å². The molecule has 2 aromatic rings. The summed E-state index contributed by atoms with van der Waals surface area (Å²) < 4.78 is 39.5. The monoisotopic (exact) mass is 326 g/mol. The van der Waals surface area contributed by atoms with Gasteiger partial charge in [0.25, 0.3) is 0 Å². The van der Waals surface area contributed by atoms with Gasteiger partial charge in [-0.1, -0.05) is 6.07 Å². The molecule has 0 aliphatic carbocycles. The third-order valence-corrected chi connectivity index (χ3v) is 3.12. The van der Waals surface area contributed by atoms with Crippen LogP contribution in [-0.4, -0.2) is 20.7 Å². The molecule has 0 saturated heterocycles. The van der Waals surface area contributed by atoms with Crippen LogP contribution in [0.5, 0.6) is 0 Å². The number of nitrogens with one attached hydrogen (secondary N) is 1. The fourth-order valence-corrected chi connectivity index (χ4v) is 2.16. The molecule has 2 aromatic heterocycles. The van der Waals surface area contributed by atoms with Crippen LogP contribution in [0.2, 0.25) is 0 Å². The molecule has 8 heteroatoms. The Morgan fingerprint density at radius 1 is 1.35 bits per heavy atom. The number of hydrogen-bond acceptors (Lipinski definition) is 3. The van der Waals surface area contributed by atoms with E-state index in [1.807, 2.05) is 20.8 Å². The number of aryl methyl sites for hydroxylation is 1. The summed E-state index contributed by atoms with van der Waals surface area (Å²) in [5, 5.41) is 6.80. The van der Waals surface area contributed by atoms with Crippen molar-refractivity contribution in [3.63, 3.8) is 0 Å². The highest BCUT2D eigenvalue weighted by Crippen LogP contribution is 2.27. The zero-order chi connectivity index (χ0) is 17.2. The maximum Gasteiger partial charge on any atom is 0.433 e. The normalized spacial score (nSPS) is 11.8. The predicted octanol–water partition coefficient (Wildman–Crippen LogP) is 3.37. The predicted molar refractivity (Wildman–Crippen MR) is 78.9 cm³/mol. The lowest BCUT2D eigenvalue weighted by molar-refractivity contribution is -0.141. The zero-order valence-electron chi connectivity index (χ0n) is 13.0.